The molecule has 4 N–H and O–H groups in total. The number of thioether (sulfide) groups is 1. The Morgan fingerprint density at radius 1 is 1.14 bits per heavy atom. The smallest absolute Gasteiger partial charge is 0.232 e. The van der Waals surface area contributed by atoms with Crippen LogP contribution >= 0.6 is 23.4 Å². The zero-order valence-corrected chi connectivity index (χ0v) is 17.1. The second-order valence-electron chi connectivity index (χ2n) is 6.20. The Labute approximate surface area is 172 Å². The Kier molecular flexibility index (Phi) is 6.38. The van der Waals surface area contributed by atoms with Crippen LogP contribution in [0.2, 0.25) is 5.02 Å². The summed E-state index contributed by atoms with van der Waals surface area (Å²) in [6.07, 6.45) is 1.48. The largest absolute Gasteiger partial charge is 0.511 e. The Morgan fingerprint density at radius 2 is 1.89 bits per heavy atom. The van der Waals surface area contributed by atoms with E-state index in [2.05, 4.69) is 26.3 Å². The van der Waals surface area contributed by atoms with E-state index in [-0.39, 0.29) is 17.5 Å². The molecule has 1 aromatic heterocycles. The van der Waals surface area contributed by atoms with Crippen molar-refractivity contribution in [3.05, 3.63) is 70.2 Å². The fourth-order valence-electron chi connectivity index (χ4n) is 2.48. The van der Waals surface area contributed by atoms with Gasteiger partial charge >= 0.3 is 0 Å². The molecule has 0 radical (unpaired) electrons. The highest BCUT2D eigenvalue weighted by Crippen LogP contribution is 2.23. The molecule has 0 saturated heterocycles. The van der Waals surface area contributed by atoms with Gasteiger partial charge in [-0.3, -0.25) is 0 Å². The van der Waals surface area contributed by atoms with Crippen LogP contribution in [-0.2, 0) is 0 Å². The van der Waals surface area contributed by atoms with E-state index in [1.807, 2.05) is 50.2 Å². The number of aliphatic hydroxyl groups is 1. The number of nitrogens with zero attached hydrogens (tertiary/aromatic N) is 3. The number of anilines is 3. The first kappa shape index (κ1) is 20.0. The average Bonchev–Trinajstić information content (AvgIpc) is 2.63. The number of aryl methyl sites for hydroxylation is 2. The fraction of sp³-hybridized carbons (Fsp3) is 0.150. The molecule has 0 aliphatic heterocycles. The number of halogens is 1. The minimum atomic E-state index is 0.0756. The molecule has 0 aliphatic rings. The van der Waals surface area contributed by atoms with Gasteiger partial charge in [-0.25, -0.2) is 0 Å². The molecule has 1 heterocycles. The summed E-state index contributed by atoms with van der Waals surface area (Å²) in [5, 5.41) is 14.0. The van der Waals surface area contributed by atoms with E-state index in [0.29, 0.717) is 16.7 Å². The van der Waals surface area contributed by atoms with Crippen LogP contribution in [0.5, 0.6) is 0 Å². The van der Waals surface area contributed by atoms with Gasteiger partial charge in [0.25, 0.3) is 0 Å². The van der Waals surface area contributed by atoms with Gasteiger partial charge in [0.15, 0.2) is 5.82 Å². The van der Waals surface area contributed by atoms with Gasteiger partial charge in [0.05, 0.1) is 5.75 Å². The highest BCUT2D eigenvalue weighted by Gasteiger charge is 2.07. The maximum atomic E-state index is 10.2. The molecule has 2 aromatic carbocycles. The minimum Gasteiger partial charge on any atom is -0.511 e. The Bertz CT molecular complexity index is 1010. The molecule has 0 spiro atoms. The summed E-state index contributed by atoms with van der Waals surface area (Å²) in [4.78, 5) is 13.5. The zero-order valence-electron chi connectivity index (χ0n) is 15.5. The minimum absolute atomic E-state index is 0.0756. The van der Waals surface area contributed by atoms with E-state index in [4.69, 9.17) is 17.3 Å². The number of nitrogens with two attached hydrogens (primary N) is 1. The SMILES string of the molecule is Cc1ccc(Nc2nc(N)nc(C=C(O)CSc3ccc(Cl)cc3)n2)c(C)c1. The number of nitrogen functional groups attached to an aromatic ring is 1. The normalized spacial score (nSPS) is 11.5. The van der Waals surface area contributed by atoms with E-state index in [9.17, 15) is 5.11 Å². The van der Waals surface area contributed by atoms with Gasteiger partial charge in [-0.05, 0) is 49.7 Å². The number of hydrogen-bond donors (Lipinski definition) is 3. The fourth-order valence-corrected chi connectivity index (χ4v) is 3.34. The van der Waals surface area contributed by atoms with Crippen molar-refractivity contribution >= 4 is 47.0 Å². The first-order valence-corrected chi connectivity index (χ1v) is 9.89. The van der Waals surface area contributed by atoms with Crippen LogP contribution in [0.25, 0.3) is 6.08 Å². The highest BCUT2D eigenvalue weighted by atomic mass is 35.5. The topological polar surface area (TPSA) is 97.0 Å². The molecule has 3 aromatic rings. The van der Waals surface area contributed by atoms with Gasteiger partial charge in [-0.1, -0.05) is 29.3 Å². The van der Waals surface area contributed by atoms with Gasteiger partial charge in [-0.15, -0.1) is 11.8 Å². The second-order valence-corrected chi connectivity index (χ2v) is 7.68. The summed E-state index contributed by atoms with van der Waals surface area (Å²) in [5.41, 5.74) is 8.92. The van der Waals surface area contributed by atoms with Gasteiger partial charge in [0.1, 0.15) is 5.76 Å². The number of nitrogens with one attached hydrogen (secondary N) is 1. The highest BCUT2D eigenvalue weighted by molar-refractivity contribution is 7.99. The van der Waals surface area contributed by atoms with Crippen LogP contribution in [0, 0.1) is 13.8 Å². The van der Waals surface area contributed by atoms with E-state index < -0.39 is 0 Å². The van der Waals surface area contributed by atoms with Gasteiger partial charge in [0, 0.05) is 21.7 Å². The first-order chi connectivity index (χ1) is 13.4. The molecule has 6 nitrogen and oxygen atoms in total. The number of rotatable bonds is 6. The predicted octanol–water partition coefficient (Wildman–Crippen LogP) is 5.16. The summed E-state index contributed by atoms with van der Waals surface area (Å²) in [6.45, 7) is 4.03. The quantitative estimate of drug-likeness (QED) is 0.379. The lowest BCUT2D eigenvalue weighted by molar-refractivity contribution is 0.422. The molecule has 28 heavy (non-hydrogen) atoms. The Morgan fingerprint density at radius 3 is 2.61 bits per heavy atom. The van der Waals surface area contributed by atoms with Crippen LogP contribution < -0.4 is 11.1 Å². The summed E-state index contributed by atoms with van der Waals surface area (Å²) >= 11 is 7.35. The van der Waals surface area contributed by atoms with Gasteiger partial charge in [-0.2, -0.15) is 15.0 Å². The first-order valence-electron chi connectivity index (χ1n) is 8.53. The van der Waals surface area contributed by atoms with Gasteiger partial charge in [0.2, 0.25) is 11.9 Å². The van der Waals surface area contributed by atoms with Crippen LogP contribution in [-0.4, -0.2) is 25.8 Å². The number of aliphatic hydroxyl groups excluding tert-OH is 1. The molecule has 8 heteroatoms. The molecule has 0 fully saturated rings. The predicted molar refractivity (Wildman–Crippen MR) is 116 cm³/mol. The maximum Gasteiger partial charge on any atom is 0.232 e. The van der Waals surface area contributed by atoms with Crippen molar-refractivity contribution in [3.63, 3.8) is 0 Å². The Balaban J connectivity index is 1.72. The summed E-state index contributed by atoms with van der Waals surface area (Å²) in [5.74, 6) is 1.18. The van der Waals surface area contributed by atoms with Crippen molar-refractivity contribution in [3.8, 4) is 0 Å². The third-order valence-corrected chi connectivity index (χ3v) is 5.09. The standard InChI is InChI=1S/C20H20ClN5OS/c1-12-3-8-17(13(2)9-12)23-20-25-18(24-19(22)26-20)10-15(27)11-28-16-6-4-14(21)5-7-16/h3-10,27H,11H2,1-2H3,(H3,22,23,24,25,26). The van der Waals surface area contributed by atoms with E-state index in [0.717, 1.165) is 16.1 Å². The molecule has 0 saturated carbocycles. The van der Waals surface area contributed by atoms with Crippen molar-refractivity contribution in [2.75, 3.05) is 16.8 Å². The van der Waals surface area contributed by atoms with Crippen molar-refractivity contribution in [2.45, 2.75) is 18.7 Å². The van der Waals surface area contributed by atoms with Crippen molar-refractivity contribution in [1.29, 1.82) is 0 Å². The average molecular weight is 414 g/mol. The van der Waals surface area contributed by atoms with E-state index in [1.165, 1.54) is 23.4 Å². The molecule has 0 unspecified atom stereocenters. The van der Waals surface area contributed by atoms with Crippen molar-refractivity contribution in [1.82, 2.24) is 15.0 Å². The van der Waals surface area contributed by atoms with Crippen molar-refractivity contribution in [2.24, 2.45) is 0 Å². The van der Waals surface area contributed by atoms with Crippen LogP contribution in [0.1, 0.15) is 17.0 Å². The third-order valence-electron chi connectivity index (χ3n) is 3.79. The second kappa shape index (κ2) is 8.95. The monoisotopic (exact) mass is 413 g/mol. The lowest BCUT2D eigenvalue weighted by Crippen LogP contribution is -2.06. The molecule has 0 atom stereocenters. The number of hydrogen-bond acceptors (Lipinski definition) is 7. The molecule has 0 bridgehead atoms. The number of aromatic nitrogens is 3. The van der Waals surface area contributed by atoms with Crippen LogP contribution in [0.4, 0.5) is 17.6 Å². The third kappa shape index (κ3) is 5.61. The lowest BCUT2D eigenvalue weighted by atomic mass is 10.1. The van der Waals surface area contributed by atoms with Crippen LogP contribution in [0.3, 0.4) is 0 Å². The maximum absolute atomic E-state index is 10.2. The molecule has 0 amide bonds. The van der Waals surface area contributed by atoms with Crippen molar-refractivity contribution < 1.29 is 5.11 Å². The molecule has 144 valence electrons. The number of benzene rings is 2. The van der Waals surface area contributed by atoms with E-state index in [1.54, 1.807) is 0 Å². The van der Waals surface area contributed by atoms with Crippen LogP contribution in [0.15, 0.2) is 53.1 Å². The summed E-state index contributed by atoms with van der Waals surface area (Å²) in [7, 11) is 0. The summed E-state index contributed by atoms with van der Waals surface area (Å²) in [6, 6.07) is 13.4. The lowest BCUT2D eigenvalue weighted by Gasteiger charge is -2.09. The molecule has 0 aliphatic carbocycles. The summed E-state index contributed by atoms with van der Waals surface area (Å²) < 4.78 is 0. The Hall–Kier alpha value is -2.77. The molecule has 3 rings (SSSR count). The molecular formula is C20H20ClN5OS. The molecular weight excluding hydrogens is 394 g/mol. The van der Waals surface area contributed by atoms with E-state index >= 15 is 0 Å². The van der Waals surface area contributed by atoms with Gasteiger partial charge < -0.3 is 16.2 Å². The zero-order chi connectivity index (χ0) is 20.1.